The Balaban J connectivity index is 1.33. The number of carboxylic acid groups (broad SMARTS) is 1. The summed E-state index contributed by atoms with van der Waals surface area (Å²) >= 11 is 0. The molecule has 3 aliphatic rings. The van der Waals surface area contributed by atoms with E-state index >= 15 is 0 Å². The van der Waals surface area contributed by atoms with Gasteiger partial charge < -0.3 is 14.7 Å². The number of carbonyl (C=O) groups is 1. The molecule has 6 aromatic carbocycles. The van der Waals surface area contributed by atoms with E-state index in [0.29, 0.717) is 26.1 Å². The van der Waals surface area contributed by atoms with E-state index in [1.54, 1.807) is 12.1 Å². The average Bonchev–Trinajstić information content (AvgIpc) is 3.54. The molecule has 0 saturated carbocycles. The van der Waals surface area contributed by atoms with E-state index in [4.69, 9.17) is 4.74 Å². The standard InChI is InChI=1S/C44H40N2O6S/c1-43(2)24-45(18-9-19-53(49,50)51)39-33-21-29-11-6-5-10-28(29)20-32(33)35-22-34-30-12-7-8-13-31(30)38-36(40(34)52-41(35)37(39)43)44(3,4)25-46(38)23-26-14-16-27(17-15-26)42(47)48/h5-8,10-17,20-22H,9,18-19,23-25H2,1-4H3,(H-,47,48,49,50,51)/p+1. The van der Waals surface area contributed by atoms with Gasteiger partial charge in [-0.15, -0.1) is 0 Å². The van der Waals surface area contributed by atoms with Gasteiger partial charge in [0.2, 0.25) is 5.36 Å². The monoisotopic (exact) mass is 725 g/mol. The summed E-state index contributed by atoms with van der Waals surface area (Å²) in [5.41, 5.74) is 5.07. The number of aromatic carboxylic acids is 1. The van der Waals surface area contributed by atoms with Gasteiger partial charge in [0.25, 0.3) is 10.1 Å². The summed E-state index contributed by atoms with van der Waals surface area (Å²) in [6, 6.07) is 28.6. The molecule has 0 aromatic heterocycles. The predicted octanol–water partition coefficient (Wildman–Crippen LogP) is 7.14. The minimum atomic E-state index is -4.09. The second-order valence-corrected chi connectivity index (χ2v) is 17.7. The minimum absolute atomic E-state index is 0.269. The number of fused-ring (bicyclic) bond motifs is 13. The number of nitrogens with zero attached hydrogens (tertiary/aromatic N) is 2. The first-order chi connectivity index (χ1) is 25.2. The van der Waals surface area contributed by atoms with E-state index in [0.717, 1.165) is 88.9 Å². The van der Waals surface area contributed by atoms with Crippen LogP contribution >= 0.6 is 0 Å². The van der Waals surface area contributed by atoms with Crippen LogP contribution < -0.4 is 24.8 Å². The fourth-order valence-corrected chi connectivity index (χ4v) is 9.74. The third-order valence-corrected chi connectivity index (χ3v) is 12.2. The molecule has 268 valence electrons. The van der Waals surface area contributed by atoms with Gasteiger partial charge in [-0.1, -0.05) is 68.4 Å². The molecular formula is C44H41N2O6S+. The Morgan fingerprint density at radius 2 is 1.49 bits per heavy atom. The average molecular weight is 726 g/mol. The quantitative estimate of drug-likeness (QED) is 0.102. The molecule has 0 radical (unpaired) electrons. The number of ether oxygens (including phenoxy) is 1. The maximum atomic E-state index is 11.7. The SMILES string of the molecule is CC1(C)CN(CCCS(=O)(=O)O)c2c1c1c(c3cc4ccccc4cc23)C=c2c(c3c(c4ccccc24)=[N+](Cc2ccc(C(=O)O)cc2)CC3(C)C)O1. The van der Waals surface area contributed by atoms with Crippen molar-refractivity contribution in [2.75, 3.05) is 30.3 Å². The lowest BCUT2D eigenvalue weighted by Crippen LogP contribution is -2.30. The molecule has 3 aliphatic heterocycles. The van der Waals surface area contributed by atoms with E-state index in [-0.39, 0.29) is 22.1 Å². The first kappa shape index (κ1) is 33.6. The third kappa shape index (κ3) is 5.39. The van der Waals surface area contributed by atoms with E-state index in [1.807, 2.05) is 12.1 Å². The number of anilines is 1. The molecule has 0 bridgehead atoms. The Morgan fingerprint density at radius 1 is 0.830 bits per heavy atom. The van der Waals surface area contributed by atoms with Crippen molar-refractivity contribution in [1.82, 2.24) is 4.58 Å². The molecule has 8 nitrogen and oxygen atoms in total. The molecule has 6 aromatic rings. The predicted molar refractivity (Wildman–Crippen MR) is 211 cm³/mol. The fraction of sp³-hybridized carbons (Fsp3) is 0.273. The molecule has 3 heterocycles. The second-order valence-electron chi connectivity index (χ2n) is 16.2. The Kier molecular flexibility index (Phi) is 7.36. The molecule has 0 atom stereocenters. The van der Waals surface area contributed by atoms with Crippen LogP contribution in [0.25, 0.3) is 38.4 Å². The van der Waals surface area contributed by atoms with Gasteiger partial charge in [0.1, 0.15) is 11.5 Å². The highest BCUT2D eigenvalue weighted by Gasteiger charge is 2.45. The highest BCUT2D eigenvalue weighted by molar-refractivity contribution is 7.85. The molecule has 0 spiro atoms. The fourth-order valence-electron chi connectivity index (χ4n) is 9.25. The Morgan fingerprint density at radius 3 is 2.17 bits per heavy atom. The Bertz CT molecular complexity index is 2820. The number of rotatable bonds is 7. The summed E-state index contributed by atoms with van der Waals surface area (Å²) in [4.78, 5) is 13.8. The van der Waals surface area contributed by atoms with E-state index in [9.17, 15) is 22.9 Å². The van der Waals surface area contributed by atoms with Crippen molar-refractivity contribution in [2.24, 2.45) is 0 Å². The molecule has 0 saturated heterocycles. The third-order valence-electron chi connectivity index (χ3n) is 11.4. The highest BCUT2D eigenvalue weighted by Crippen LogP contribution is 2.55. The van der Waals surface area contributed by atoms with Gasteiger partial charge in [0.15, 0.2) is 13.1 Å². The van der Waals surface area contributed by atoms with Gasteiger partial charge in [0, 0.05) is 45.8 Å². The zero-order valence-electron chi connectivity index (χ0n) is 30.2. The summed E-state index contributed by atoms with van der Waals surface area (Å²) in [7, 11) is -4.09. The van der Waals surface area contributed by atoms with Crippen LogP contribution in [0.1, 0.15) is 66.7 Å². The van der Waals surface area contributed by atoms with Gasteiger partial charge >= 0.3 is 5.97 Å². The van der Waals surface area contributed by atoms with Crippen molar-refractivity contribution < 1.29 is 27.6 Å². The van der Waals surface area contributed by atoms with Crippen LogP contribution in [0.2, 0.25) is 0 Å². The number of benzene rings is 6. The van der Waals surface area contributed by atoms with Crippen molar-refractivity contribution in [3.8, 4) is 11.5 Å². The summed E-state index contributed by atoms with van der Waals surface area (Å²) < 4.78 is 42.9. The zero-order valence-corrected chi connectivity index (χ0v) is 31.0. The molecule has 0 aliphatic carbocycles. The first-order valence-corrected chi connectivity index (χ1v) is 19.7. The normalized spacial score (nSPS) is 16.6. The maximum absolute atomic E-state index is 11.7. The zero-order chi connectivity index (χ0) is 37.0. The van der Waals surface area contributed by atoms with E-state index in [2.05, 4.69) is 104 Å². The van der Waals surface area contributed by atoms with E-state index < -0.39 is 16.1 Å². The Hall–Kier alpha value is -5.25. The first-order valence-electron chi connectivity index (χ1n) is 18.1. The second kappa shape index (κ2) is 11.6. The van der Waals surface area contributed by atoms with Crippen LogP contribution in [0.3, 0.4) is 0 Å². The van der Waals surface area contributed by atoms with Gasteiger partial charge in [-0.3, -0.25) is 4.55 Å². The number of hydrogen-bond donors (Lipinski definition) is 2. The Labute approximate surface area is 308 Å². The summed E-state index contributed by atoms with van der Waals surface area (Å²) in [5, 5.41) is 18.4. The van der Waals surface area contributed by atoms with Gasteiger partial charge in [-0.25, -0.2) is 9.37 Å². The molecule has 0 fully saturated rings. The lowest BCUT2D eigenvalue weighted by Gasteiger charge is -2.28. The molecule has 9 heteroatoms. The summed E-state index contributed by atoms with van der Waals surface area (Å²) in [6.07, 6.45) is 2.63. The molecule has 0 unspecified atom stereocenters. The summed E-state index contributed by atoms with van der Waals surface area (Å²) in [6.45, 7) is 11.5. The van der Waals surface area contributed by atoms with Crippen LogP contribution in [-0.2, 0) is 27.5 Å². The molecular weight excluding hydrogens is 685 g/mol. The van der Waals surface area contributed by atoms with Crippen molar-refractivity contribution >= 4 is 60.2 Å². The lowest BCUT2D eigenvalue weighted by atomic mass is 9.80. The molecule has 9 rings (SSSR count). The van der Waals surface area contributed by atoms with Crippen LogP contribution in [-0.4, -0.2) is 49.4 Å². The highest BCUT2D eigenvalue weighted by atomic mass is 32.2. The largest absolute Gasteiger partial charge is 0.478 e. The molecule has 2 N–H and O–H groups in total. The van der Waals surface area contributed by atoms with Gasteiger partial charge in [-0.2, -0.15) is 8.42 Å². The smallest absolute Gasteiger partial charge is 0.335 e. The van der Waals surface area contributed by atoms with Gasteiger partial charge in [0.05, 0.1) is 33.4 Å². The van der Waals surface area contributed by atoms with Crippen molar-refractivity contribution in [3.63, 3.8) is 0 Å². The van der Waals surface area contributed by atoms with Crippen LogP contribution in [0.4, 0.5) is 5.69 Å². The molecule has 0 amide bonds. The van der Waals surface area contributed by atoms with Crippen molar-refractivity contribution in [1.29, 1.82) is 0 Å². The van der Waals surface area contributed by atoms with Crippen molar-refractivity contribution in [3.05, 3.63) is 123 Å². The van der Waals surface area contributed by atoms with E-state index in [1.165, 1.54) is 0 Å². The van der Waals surface area contributed by atoms with Crippen molar-refractivity contribution in [2.45, 2.75) is 51.5 Å². The van der Waals surface area contributed by atoms with Gasteiger partial charge in [-0.05, 0) is 78.2 Å². The van der Waals surface area contributed by atoms with Crippen LogP contribution in [0.15, 0.2) is 84.9 Å². The maximum Gasteiger partial charge on any atom is 0.335 e. The number of carboxylic acids is 1. The minimum Gasteiger partial charge on any atom is -0.478 e. The topological polar surface area (TPSA) is 107 Å². The van der Waals surface area contributed by atoms with Crippen LogP contribution in [0, 0.1) is 0 Å². The lowest BCUT2D eigenvalue weighted by molar-refractivity contribution is 0.0696. The summed E-state index contributed by atoms with van der Waals surface area (Å²) in [5.74, 6) is 0.473. The molecule has 53 heavy (non-hydrogen) atoms. The van der Waals surface area contributed by atoms with Crippen LogP contribution in [0.5, 0.6) is 11.5 Å². The number of hydrogen-bond acceptors (Lipinski definition) is 5.